The molecule has 0 radical (unpaired) electrons. The summed E-state index contributed by atoms with van der Waals surface area (Å²) in [6.07, 6.45) is 0.905. The molecule has 3 aromatic rings. The molecule has 0 aliphatic rings. The number of hydrogen-bond acceptors (Lipinski definition) is 2. The molecule has 2 heteroatoms. The molecule has 0 amide bonds. The molecule has 0 fully saturated rings. The van der Waals surface area contributed by atoms with Gasteiger partial charge in [-0.05, 0) is 51.2 Å². The molecule has 2 aromatic carbocycles. The van der Waals surface area contributed by atoms with Crippen molar-refractivity contribution in [2.75, 3.05) is 0 Å². The number of nitrogens with two attached hydrogens (primary N) is 1. The van der Waals surface area contributed by atoms with Gasteiger partial charge in [0.1, 0.15) is 0 Å². The van der Waals surface area contributed by atoms with E-state index in [4.69, 9.17) is 5.73 Å². The van der Waals surface area contributed by atoms with Crippen LogP contribution in [0.2, 0.25) is 0 Å². The zero-order valence-corrected chi connectivity index (χ0v) is 10.9. The van der Waals surface area contributed by atoms with Gasteiger partial charge in [0.2, 0.25) is 0 Å². The van der Waals surface area contributed by atoms with E-state index in [0.717, 1.165) is 6.42 Å². The second-order valence-electron chi connectivity index (χ2n) is 4.55. The van der Waals surface area contributed by atoms with Crippen molar-refractivity contribution < 1.29 is 0 Å². The third-order valence-corrected chi connectivity index (χ3v) is 3.97. The van der Waals surface area contributed by atoms with Crippen LogP contribution in [0.5, 0.6) is 0 Å². The standard InChI is InChI=1S/C16H15NS/c17-16(9-12-7-8-18-11-12)15-6-5-13-3-1-2-4-14(13)10-15/h1-8,10-11,16H,9,17H2. The largest absolute Gasteiger partial charge is 0.324 e. The summed E-state index contributed by atoms with van der Waals surface area (Å²) in [5, 5.41) is 6.79. The van der Waals surface area contributed by atoms with Crippen LogP contribution in [0.1, 0.15) is 17.2 Å². The summed E-state index contributed by atoms with van der Waals surface area (Å²) in [7, 11) is 0. The first-order valence-electron chi connectivity index (χ1n) is 6.08. The van der Waals surface area contributed by atoms with Gasteiger partial charge in [-0.15, -0.1) is 0 Å². The van der Waals surface area contributed by atoms with Crippen molar-refractivity contribution in [3.8, 4) is 0 Å². The average Bonchev–Trinajstić information content (AvgIpc) is 2.91. The molecule has 1 atom stereocenters. The summed E-state index contributed by atoms with van der Waals surface area (Å²) in [5.41, 5.74) is 8.81. The Morgan fingerprint density at radius 2 is 1.83 bits per heavy atom. The second kappa shape index (κ2) is 4.92. The number of rotatable bonds is 3. The molecule has 0 spiro atoms. The van der Waals surface area contributed by atoms with Crippen LogP contribution in [-0.4, -0.2) is 0 Å². The van der Waals surface area contributed by atoms with Gasteiger partial charge in [0.25, 0.3) is 0 Å². The van der Waals surface area contributed by atoms with Crippen LogP contribution in [0.3, 0.4) is 0 Å². The van der Waals surface area contributed by atoms with Gasteiger partial charge in [0.05, 0.1) is 0 Å². The fraction of sp³-hybridized carbons (Fsp3) is 0.125. The van der Waals surface area contributed by atoms with Crippen molar-refractivity contribution in [2.24, 2.45) is 5.73 Å². The van der Waals surface area contributed by atoms with E-state index in [1.165, 1.54) is 21.9 Å². The van der Waals surface area contributed by atoms with Crippen LogP contribution in [0.25, 0.3) is 10.8 Å². The lowest BCUT2D eigenvalue weighted by Crippen LogP contribution is -2.12. The van der Waals surface area contributed by atoms with Gasteiger partial charge in [-0.1, -0.05) is 36.4 Å². The van der Waals surface area contributed by atoms with E-state index in [2.05, 4.69) is 59.3 Å². The molecule has 0 aliphatic heterocycles. The summed E-state index contributed by atoms with van der Waals surface area (Å²) < 4.78 is 0. The minimum Gasteiger partial charge on any atom is -0.324 e. The third-order valence-electron chi connectivity index (χ3n) is 3.24. The van der Waals surface area contributed by atoms with Crippen molar-refractivity contribution in [2.45, 2.75) is 12.5 Å². The van der Waals surface area contributed by atoms with E-state index in [-0.39, 0.29) is 6.04 Å². The van der Waals surface area contributed by atoms with E-state index >= 15 is 0 Å². The van der Waals surface area contributed by atoms with Crippen LogP contribution in [0.15, 0.2) is 59.3 Å². The summed E-state index contributed by atoms with van der Waals surface area (Å²) in [6, 6.07) is 17.1. The lowest BCUT2D eigenvalue weighted by atomic mass is 9.98. The van der Waals surface area contributed by atoms with Gasteiger partial charge in [0, 0.05) is 6.04 Å². The SMILES string of the molecule is NC(Cc1ccsc1)c1ccc2ccccc2c1. The molecule has 3 rings (SSSR count). The Hall–Kier alpha value is -1.64. The lowest BCUT2D eigenvalue weighted by Gasteiger charge is -2.12. The Bertz CT molecular complexity index is 643. The Kier molecular flexibility index (Phi) is 3.13. The maximum atomic E-state index is 6.28. The summed E-state index contributed by atoms with van der Waals surface area (Å²) in [4.78, 5) is 0. The van der Waals surface area contributed by atoms with Crippen LogP contribution in [-0.2, 0) is 6.42 Å². The van der Waals surface area contributed by atoms with Crippen LogP contribution in [0.4, 0.5) is 0 Å². The topological polar surface area (TPSA) is 26.0 Å². The minimum atomic E-state index is 0.0733. The highest BCUT2D eigenvalue weighted by Gasteiger charge is 2.08. The van der Waals surface area contributed by atoms with Gasteiger partial charge in [-0.3, -0.25) is 0 Å². The van der Waals surface area contributed by atoms with E-state index < -0.39 is 0 Å². The predicted molar refractivity (Wildman–Crippen MR) is 78.9 cm³/mol. The Labute approximate surface area is 111 Å². The van der Waals surface area contributed by atoms with E-state index in [0.29, 0.717) is 0 Å². The number of hydrogen-bond donors (Lipinski definition) is 1. The van der Waals surface area contributed by atoms with Crippen LogP contribution >= 0.6 is 11.3 Å². The molecule has 18 heavy (non-hydrogen) atoms. The van der Waals surface area contributed by atoms with Gasteiger partial charge in [0.15, 0.2) is 0 Å². The average molecular weight is 253 g/mol. The van der Waals surface area contributed by atoms with Crippen molar-refractivity contribution >= 4 is 22.1 Å². The first-order chi connectivity index (χ1) is 8.83. The third kappa shape index (κ3) is 2.30. The fourth-order valence-corrected chi connectivity index (χ4v) is 2.90. The molecule has 0 aliphatic carbocycles. The van der Waals surface area contributed by atoms with Gasteiger partial charge >= 0.3 is 0 Å². The molecular formula is C16H15NS. The van der Waals surface area contributed by atoms with Gasteiger partial charge < -0.3 is 5.73 Å². The highest BCUT2D eigenvalue weighted by atomic mass is 32.1. The smallest absolute Gasteiger partial charge is 0.0336 e. The normalized spacial score (nSPS) is 12.7. The Balaban J connectivity index is 1.89. The monoisotopic (exact) mass is 253 g/mol. The number of benzene rings is 2. The fourth-order valence-electron chi connectivity index (χ4n) is 2.22. The zero-order valence-electron chi connectivity index (χ0n) is 10.0. The maximum Gasteiger partial charge on any atom is 0.0336 e. The predicted octanol–water partition coefficient (Wildman–Crippen LogP) is 4.14. The first-order valence-corrected chi connectivity index (χ1v) is 7.02. The lowest BCUT2D eigenvalue weighted by molar-refractivity contribution is 0.725. The molecule has 1 unspecified atom stereocenters. The van der Waals surface area contributed by atoms with E-state index in [1.807, 2.05) is 0 Å². The molecule has 1 nitrogen and oxygen atoms in total. The van der Waals surface area contributed by atoms with Crippen molar-refractivity contribution in [1.29, 1.82) is 0 Å². The zero-order chi connectivity index (χ0) is 12.4. The molecule has 1 aromatic heterocycles. The van der Waals surface area contributed by atoms with E-state index in [1.54, 1.807) is 11.3 Å². The van der Waals surface area contributed by atoms with Crippen LogP contribution in [0, 0.1) is 0 Å². The molecule has 0 bridgehead atoms. The molecule has 1 heterocycles. The van der Waals surface area contributed by atoms with Crippen molar-refractivity contribution in [3.05, 3.63) is 70.4 Å². The Morgan fingerprint density at radius 1 is 1.00 bits per heavy atom. The summed E-state index contributed by atoms with van der Waals surface area (Å²) in [5.74, 6) is 0. The summed E-state index contributed by atoms with van der Waals surface area (Å²) in [6.45, 7) is 0. The van der Waals surface area contributed by atoms with Gasteiger partial charge in [-0.2, -0.15) is 11.3 Å². The second-order valence-corrected chi connectivity index (χ2v) is 5.33. The maximum absolute atomic E-state index is 6.28. The summed E-state index contributed by atoms with van der Waals surface area (Å²) >= 11 is 1.72. The highest BCUT2D eigenvalue weighted by Crippen LogP contribution is 2.22. The molecule has 90 valence electrons. The van der Waals surface area contributed by atoms with Gasteiger partial charge in [-0.25, -0.2) is 0 Å². The Morgan fingerprint density at radius 3 is 2.61 bits per heavy atom. The van der Waals surface area contributed by atoms with Crippen LogP contribution < -0.4 is 5.73 Å². The molecule has 0 saturated heterocycles. The molecule has 0 saturated carbocycles. The van der Waals surface area contributed by atoms with Crippen molar-refractivity contribution in [3.63, 3.8) is 0 Å². The molecular weight excluding hydrogens is 238 g/mol. The van der Waals surface area contributed by atoms with E-state index in [9.17, 15) is 0 Å². The first kappa shape index (κ1) is 11.5. The van der Waals surface area contributed by atoms with Crippen molar-refractivity contribution in [1.82, 2.24) is 0 Å². The quantitative estimate of drug-likeness (QED) is 0.745. The minimum absolute atomic E-state index is 0.0733. The number of thiophene rings is 1. The highest BCUT2D eigenvalue weighted by molar-refractivity contribution is 7.07. The number of fused-ring (bicyclic) bond motifs is 1. The molecule has 2 N–H and O–H groups in total.